The van der Waals surface area contributed by atoms with E-state index in [2.05, 4.69) is 20.8 Å². The summed E-state index contributed by atoms with van der Waals surface area (Å²) in [5, 5.41) is 0. The minimum Gasteiger partial charge on any atom is -0.468 e. The highest BCUT2D eigenvalue weighted by atomic mass is 16.5. The molecule has 0 heterocycles. The molecule has 0 saturated heterocycles. The van der Waals surface area contributed by atoms with Crippen LogP contribution < -0.4 is 0 Å². The fraction of sp³-hybridized carbons (Fsp3) is 0.900. The first kappa shape index (κ1) is 11.5. The van der Waals surface area contributed by atoms with Crippen molar-refractivity contribution >= 4 is 6.47 Å². The fourth-order valence-electron chi connectivity index (χ4n) is 1.60. The number of hydrogen-bond acceptors (Lipinski definition) is 2. The first-order chi connectivity index (χ1) is 5.74. The van der Waals surface area contributed by atoms with Crippen molar-refractivity contribution < 1.29 is 9.53 Å². The Bertz CT molecular complexity index is 109. The van der Waals surface area contributed by atoms with Crippen LogP contribution >= 0.6 is 0 Å². The number of carbonyl (C=O) groups is 1. The van der Waals surface area contributed by atoms with E-state index in [1.165, 1.54) is 19.3 Å². The van der Waals surface area contributed by atoms with Crippen LogP contribution in [0.5, 0.6) is 0 Å². The summed E-state index contributed by atoms with van der Waals surface area (Å²) in [6, 6.07) is 0. The van der Waals surface area contributed by atoms with Crippen molar-refractivity contribution in [3.63, 3.8) is 0 Å². The molecular formula is C10H20O2. The van der Waals surface area contributed by atoms with Crippen molar-refractivity contribution in [1.29, 1.82) is 0 Å². The van der Waals surface area contributed by atoms with Gasteiger partial charge in [0.25, 0.3) is 6.47 Å². The topological polar surface area (TPSA) is 26.3 Å². The minimum atomic E-state index is 0.392. The Morgan fingerprint density at radius 1 is 1.17 bits per heavy atom. The first-order valence-electron chi connectivity index (χ1n) is 4.80. The van der Waals surface area contributed by atoms with Gasteiger partial charge in [0.1, 0.15) is 0 Å². The van der Waals surface area contributed by atoms with Crippen LogP contribution in [0.4, 0.5) is 0 Å². The molecule has 0 aliphatic carbocycles. The molecule has 12 heavy (non-hydrogen) atoms. The van der Waals surface area contributed by atoms with Gasteiger partial charge in [-0.3, -0.25) is 4.79 Å². The maximum atomic E-state index is 9.93. The molecule has 0 N–H and O–H groups in total. The maximum Gasteiger partial charge on any atom is 0.293 e. The lowest BCUT2D eigenvalue weighted by Gasteiger charge is -2.29. The average Bonchev–Trinajstić information content (AvgIpc) is 2.14. The molecule has 0 unspecified atom stereocenters. The van der Waals surface area contributed by atoms with E-state index in [0.29, 0.717) is 18.5 Å². The highest BCUT2D eigenvalue weighted by Crippen LogP contribution is 2.33. The Hall–Kier alpha value is -0.530. The molecule has 0 radical (unpaired) electrons. The normalized spacial score (nSPS) is 11.2. The van der Waals surface area contributed by atoms with Crippen LogP contribution in [0.15, 0.2) is 0 Å². The van der Waals surface area contributed by atoms with Crippen LogP contribution in [-0.2, 0) is 9.53 Å². The van der Waals surface area contributed by atoms with Crippen LogP contribution in [0.25, 0.3) is 0 Å². The standard InChI is InChI=1S/C10H20O2/c1-4-10(5-2,6-3)7-8-12-9-11/h9H,4-8H2,1-3H3. The van der Waals surface area contributed by atoms with Crippen LogP contribution in [0.3, 0.4) is 0 Å². The Kier molecular flexibility index (Phi) is 5.77. The number of hydrogen-bond donors (Lipinski definition) is 0. The average molecular weight is 172 g/mol. The summed E-state index contributed by atoms with van der Waals surface area (Å²) < 4.78 is 4.71. The molecule has 0 atom stereocenters. The molecule has 0 aromatic rings. The highest BCUT2D eigenvalue weighted by Gasteiger charge is 2.23. The lowest BCUT2D eigenvalue weighted by molar-refractivity contribution is -0.129. The SMILES string of the molecule is CCC(CC)(CC)CCOC=O. The largest absolute Gasteiger partial charge is 0.468 e. The van der Waals surface area contributed by atoms with Gasteiger partial charge in [-0.2, -0.15) is 0 Å². The van der Waals surface area contributed by atoms with E-state index in [1.807, 2.05) is 0 Å². The molecule has 0 saturated carbocycles. The Balaban J connectivity index is 3.84. The zero-order valence-electron chi connectivity index (χ0n) is 8.43. The Morgan fingerprint density at radius 2 is 1.67 bits per heavy atom. The summed E-state index contributed by atoms with van der Waals surface area (Å²) in [4.78, 5) is 9.93. The minimum absolute atomic E-state index is 0.392. The van der Waals surface area contributed by atoms with Gasteiger partial charge in [0.15, 0.2) is 0 Å². The van der Waals surface area contributed by atoms with E-state index in [1.54, 1.807) is 0 Å². The van der Waals surface area contributed by atoms with Crippen molar-refractivity contribution in [2.24, 2.45) is 5.41 Å². The molecule has 0 amide bonds. The van der Waals surface area contributed by atoms with Gasteiger partial charge >= 0.3 is 0 Å². The van der Waals surface area contributed by atoms with E-state index in [-0.39, 0.29) is 0 Å². The van der Waals surface area contributed by atoms with Crippen molar-refractivity contribution in [3.8, 4) is 0 Å². The summed E-state index contributed by atoms with van der Waals surface area (Å²) in [6.45, 7) is 7.71. The van der Waals surface area contributed by atoms with Crippen LogP contribution in [-0.4, -0.2) is 13.1 Å². The van der Waals surface area contributed by atoms with E-state index >= 15 is 0 Å². The zero-order valence-corrected chi connectivity index (χ0v) is 8.43. The van der Waals surface area contributed by atoms with E-state index in [9.17, 15) is 4.79 Å². The third kappa shape index (κ3) is 3.24. The van der Waals surface area contributed by atoms with Gasteiger partial charge in [-0.25, -0.2) is 0 Å². The Labute approximate surface area is 75.3 Å². The smallest absolute Gasteiger partial charge is 0.293 e. The number of ether oxygens (including phenoxy) is 1. The van der Waals surface area contributed by atoms with E-state index < -0.39 is 0 Å². The summed E-state index contributed by atoms with van der Waals surface area (Å²) in [5.41, 5.74) is 0.392. The van der Waals surface area contributed by atoms with E-state index in [0.717, 1.165) is 6.42 Å². The summed E-state index contributed by atoms with van der Waals surface area (Å²) in [6.07, 6.45) is 4.50. The second kappa shape index (κ2) is 6.04. The van der Waals surface area contributed by atoms with Crippen LogP contribution in [0.2, 0.25) is 0 Å². The molecule has 0 rings (SSSR count). The third-order valence-corrected chi connectivity index (χ3v) is 3.07. The first-order valence-corrected chi connectivity index (χ1v) is 4.80. The summed E-state index contributed by atoms with van der Waals surface area (Å²) >= 11 is 0. The van der Waals surface area contributed by atoms with Crippen molar-refractivity contribution in [2.45, 2.75) is 46.5 Å². The van der Waals surface area contributed by atoms with Crippen molar-refractivity contribution in [3.05, 3.63) is 0 Å². The second-order valence-corrected chi connectivity index (χ2v) is 3.28. The van der Waals surface area contributed by atoms with Crippen molar-refractivity contribution in [2.75, 3.05) is 6.61 Å². The van der Waals surface area contributed by atoms with Crippen LogP contribution in [0, 0.1) is 5.41 Å². The maximum absolute atomic E-state index is 9.93. The molecule has 0 aliphatic heterocycles. The molecule has 0 spiro atoms. The van der Waals surface area contributed by atoms with Gasteiger partial charge in [-0.15, -0.1) is 0 Å². The third-order valence-electron chi connectivity index (χ3n) is 3.07. The zero-order chi connectivity index (χ0) is 9.45. The number of rotatable bonds is 7. The molecule has 0 fully saturated rings. The predicted molar refractivity (Wildman–Crippen MR) is 49.9 cm³/mol. The van der Waals surface area contributed by atoms with Gasteiger partial charge < -0.3 is 4.74 Å². The molecule has 0 aliphatic rings. The van der Waals surface area contributed by atoms with Gasteiger partial charge in [0.2, 0.25) is 0 Å². The van der Waals surface area contributed by atoms with Gasteiger partial charge in [-0.05, 0) is 11.8 Å². The quantitative estimate of drug-likeness (QED) is 0.436. The predicted octanol–water partition coefficient (Wildman–Crippen LogP) is 2.77. The van der Waals surface area contributed by atoms with Gasteiger partial charge in [0.05, 0.1) is 6.61 Å². The second-order valence-electron chi connectivity index (χ2n) is 3.28. The molecule has 2 nitrogen and oxygen atoms in total. The lowest BCUT2D eigenvalue weighted by Crippen LogP contribution is -2.19. The molecule has 0 aromatic carbocycles. The Morgan fingerprint density at radius 3 is 2.00 bits per heavy atom. The summed E-state index contributed by atoms with van der Waals surface area (Å²) in [5.74, 6) is 0. The highest BCUT2D eigenvalue weighted by molar-refractivity contribution is 5.36. The molecule has 0 bridgehead atoms. The molecule has 2 heteroatoms. The van der Waals surface area contributed by atoms with Crippen LogP contribution in [0.1, 0.15) is 46.5 Å². The molecular weight excluding hydrogens is 152 g/mol. The molecule has 0 aromatic heterocycles. The fourth-order valence-corrected chi connectivity index (χ4v) is 1.60. The lowest BCUT2D eigenvalue weighted by atomic mass is 9.77. The van der Waals surface area contributed by atoms with E-state index in [4.69, 9.17) is 4.74 Å². The summed E-state index contributed by atoms with van der Waals surface area (Å²) in [7, 11) is 0. The number of carbonyl (C=O) groups excluding carboxylic acids is 1. The van der Waals surface area contributed by atoms with Gasteiger partial charge in [0, 0.05) is 0 Å². The molecule has 72 valence electrons. The van der Waals surface area contributed by atoms with Crippen molar-refractivity contribution in [1.82, 2.24) is 0 Å². The monoisotopic (exact) mass is 172 g/mol. The van der Waals surface area contributed by atoms with Gasteiger partial charge in [-0.1, -0.05) is 40.0 Å².